The Bertz CT molecular complexity index is 967. The van der Waals surface area contributed by atoms with E-state index in [9.17, 15) is 9.18 Å². The van der Waals surface area contributed by atoms with Gasteiger partial charge in [0.1, 0.15) is 24.0 Å². The predicted octanol–water partition coefficient (Wildman–Crippen LogP) is 4.57. The number of ether oxygens (including phenoxy) is 2. The molecule has 4 rings (SSSR count). The van der Waals surface area contributed by atoms with E-state index in [4.69, 9.17) is 9.47 Å². The minimum atomic E-state index is -0.277. The van der Waals surface area contributed by atoms with Crippen LogP contribution in [-0.2, 0) is 11.4 Å². The number of rotatable bonds is 5. The van der Waals surface area contributed by atoms with Crippen molar-refractivity contribution in [3.05, 3.63) is 65.1 Å². The first-order chi connectivity index (χ1) is 14.1. The number of methoxy groups -OCH3 is 1. The third kappa shape index (κ3) is 4.31. The number of carbonyl (C=O) groups excluding carboxylic acids is 1. The van der Waals surface area contributed by atoms with E-state index in [1.165, 1.54) is 12.1 Å². The van der Waals surface area contributed by atoms with Gasteiger partial charge >= 0.3 is 0 Å². The number of halogens is 1. The number of amidine groups is 1. The van der Waals surface area contributed by atoms with Crippen molar-refractivity contribution < 1.29 is 18.7 Å². The van der Waals surface area contributed by atoms with E-state index >= 15 is 0 Å². The third-order valence-electron chi connectivity index (χ3n) is 5.11. The molecule has 0 atom stereocenters. The topological polar surface area (TPSA) is 51.1 Å². The van der Waals surface area contributed by atoms with Gasteiger partial charge in [0.2, 0.25) is 0 Å². The zero-order valence-corrected chi connectivity index (χ0v) is 16.4. The molecule has 0 spiro atoms. The molecule has 0 radical (unpaired) electrons. The largest absolute Gasteiger partial charge is 0.493 e. The first-order valence-corrected chi connectivity index (χ1v) is 9.80. The van der Waals surface area contributed by atoms with Crippen molar-refractivity contribution in [2.45, 2.75) is 32.3 Å². The molecule has 2 aliphatic rings. The number of amides is 1. The molecule has 5 nitrogen and oxygen atoms in total. The molecule has 0 saturated carbocycles. The van der Waals surface area contributed by atoms with Crippen LogP contribution in [0, 0.1) is 5.82 Å². The lowest BCUT2D eigenvalue weighted by molar-refractivity contribution is -0.122. The number of hydrogen-bond acceptors (Lipinski definition) is 4. The fourth-order valence-electron chi connectivity index (χ4n) is 3.54. The maximum absolute atomic E-state index is 13.0. The number of aliphatic imine (C=N–C) groups is 1. The molecule has 6 heteroatoms. The molecule has 2 aromatic carbocycles. The van der Waals surface area contributed by atoms with Gasteiger partial charge in [-0.15, -0.1) is 0 Å². The summed E-state index contributed by atoms with van der Waals surface area (Å²) in [6, 6.07) is 11.7. The number of nitrogens with zero attached hydrogens (tertiary/aromatic N) is 2. The summed E-state index contributed by atoms with van der Waals surface area (Å²) < 4.78 is 24.3. The molecular formula is C23H23FN2O3. The molecule has 0 aliphatic carbocycles. The highest BCUT2D eigenvalue weighted by molar-refractivity contribution is 6.14. The number of benzene rings is 2. The minimum absolute atomic E-state index is 0.0301. The number of carbonyl (C=O) groups is 1. The van der Waals surface area contributed by atoms with Crippen LogP contribution < -0.4 is 9.47 Å². The highest BCUT2D eigenvalue weighted by Crippen LogP contribution is 2.31. The van der Waals surface area contributed by atoms with Gasteiger partial charge in [0.05, 0.1) is 7.11 Å². The minimum Gasteiger partial charge on any atom is -0.493 e. The summed E-state index contributed by atoms with van der Waals surface area (Å²) in [5, 5.41) is 0. The van der Waals surface area contributed by atoms with Crippen LogP contribution in [0.25, 0.3) is 6.08 Å². The van der Waals surface area contributed by atoms with Gasteiger partial charge in [0, 0.05) is 13.0 Å². The summed E-state index contributed by atoms with van der Waals surface area (Å²) in [7, 11) is 1.57. The van der Waals surface area contributed by atoms with Crippen molar-refractivity contribution in [1.82, 2.24) is 4.90 Å². The Morgan fingerprint density at radius 3 is 2.72 bits per heavy atom. The average molecular weight is 394 g/mol. The van der Waals surface area contributed by atoms with Crippen LogP contribution >= 0.6 is 0 Å². The summed E-state index contributed by atoms with van der Waals surface area (Å²) >= 11 is 0. The van der Waals surface area contributed by atoms with E-state index < -0.39 is 0 Å². The second-order valence-electron chi connectivity index (χ2n) is 7.15. The highest BCUT2D eigenvalue weighted by atomic mass is 19.1. The molecule has 150 valence electrons. The summed E-state index contributed by atoms with van der Waals surface area (Å²) in [4.78, 5) is 19.0. The van der Waals surface area contributed by atoms with Crippen LogP contribution in [-0.4, -0.2) is 30.3 Å². The van der Waals surface area contributed by atoms with Gasteiger partial charge in [-0.2, -0.15) is 0 Å². The Kier molecular flexibility index (Phi) is 5.60. The van der Waals surface area contributed by atoms with E-state index in [1.54, 1.807) is 36.3 Å². The van der Waals surface area contributed by atoms with Gasteiger partial charge in [0.15, 0.2) is 11.5 Å². The van der Waals surface area contributed by atoms with E-state index in [1.807, 2.05) is 12.1 Å². The standard InChI is InChI=1S/C23H23FN2O3/c1-28-21-14-17(8-11-20(21)29-15-16-6-9-18(24)10-7-16)13-19-23(27)26-12-4-2-3-5-22(26)25-19/h6-11,13-14H,2-5,12,15H2,1H3. The smallest absolute Gasteiger partial charge is 0.277 e. The van der Waals surface area contributed by atoms with E-state index in [0.717, 1.165) is 49.2 Å². The molecule has 29 heavy (non-hydrogen) atoms. The fraction of sp³-hybridized carbons (Fsp3) is 0.304. The Balaban J connectivity index is 1.51. The van der Waals surface area contributed by atoms with Gasteiger partial charge in [-0.05, 0) is 54.3 Å². The molecule has 0 N–H and O–H groups in total. The Morgan fingerprint density at radius 1 is 1.10 bits per heavy atom. The van der Waals surface area contributed by atoms with Crippen molar-refractivity contribution in [2.75, 3.05) is 13.7 Å². The van der Waals surface area contributed by atoms with Gasteiger partial charge in [-0.1, -0.05) is 24.6 Å². The van der Waals surface area contributed by atoms with Crippen molar-refractivity contribution in [3.8, 4) is 11.5 Å². The Morgan fingerprint density at radius 2 is 1.93 bits per heavy atom. The predicted molar refractivity (Wildman–Crippen MR) is 109 cm³/mol. The molecule has 2 heterocycles. The SMILES string of the molecule is COc1cc(C=C2N=C3CCCCCN3C2=O)ccc1OCc1ccc(F)cc1. The van der Waals surface area contributed by atoms with Crippen LogP contribution in [0.2, 0.25) is 0 Å². The first-order valence-electron chi connectivity index (χ1n) is 9.80. The summed E-state index contributed by atoms with van der Waals surface area (Å²) in [5.74, 6) is 1.72. The average Bonchev–Trinajstić information content (AvgIpc) is 2.89. The van der Waals surface area contributed by atoms with Crippen LogP contribution in [0.15, 0.2) is 53.2 Å². The molecule has 1 saturated heterocycles. The molecule has 1 fully saturated rings. The lowest BCUT2D eigenvalue weighted by Gasteiger charge is -2.14. The third-order valence-corrected chi connectivity index (χ3v) is 5.11. The number of hydrogen-bond donors (Lipinski definition) is 0. The Hall–Kier alpha value is -3.15. The molecule has 0 unspecified atom stereocenters. The lowest BCUT2D eigenvalue weighted by Crippen LogP contribution is -2.31. The van der Waals surface area contributed by atoms with E-state index in [0.29, 0.717) is 23.8 Å². The molecule has 1 amide bonds. The van der Waals surface area contributed by atoms with E-state index in [2.05, 4.69) is 4.99 Å². The normalized spacial score (nSPS) is 17.7. The molecule has 0 bridgehead atoms. The molecule has 0 aromatic heterocycles. The fourth-order valence-corrected chi connectivity index (χ4v) is 3.54. The summed E-state index contributed by atoms with van der Waals surface area (Å²) in [6.45, 7) is 1.05. The molecule has 2 aromatic rings. The van der Waals surface area contributed by atoms with Crippen molar-refractivity contribution >= 4 is 17.8 Å². The second kappa shape index (κ2) is 8.47. The molecular weight excluding hydrogens is 371 g/mol. The molecule has 2 aliphatic heterocycles. The van der Waals surface area contributed by atoms with Crippen LogP contribution in [0.4, 0.5) is 4.39 Å². The van der Waals surface area contributed by atoms with Gasteiger partial charge in [-0.25, -0.2) is 9.38 Å². The maximum Gasteiger partial charge on any atom is 0.277 e. The van der Waals surface area contributed by atoms with Crippen LogP contribution in [0.5, 0.6) is 11.5 Å². The quantitative estimate of drug-likeness (QED) is 0.698. The van der Waals surface area contributed by atoms with Crippen molar-refractivity contribution in [1.29, 1.82) is 0 Å². The van der Waals surface area contributed by atoms with Crippen molar-refractivity contribution in [2.24, 2.45) is 4.99 Å². The zero-order valence-electron chi connectivity index (χ0n) is 16.4. The zero-order chi connectivity index (χ0) is 20.2. The van der Waals surface area contributed by atoms with Crippen LogP contribution in [0.3, 0.4) is 0 Å². The van der Waals surface area contributed by atoms with Crippen LogP contribution in [0.1, 0.15) is 36.8 Å². The van der Waals surface area contributed by atoms with E-state index in [-0.39, 0.29) is 11.7 Å². The highest BCUT2D eigenvalue weighted by Gasteiger charge is 2.30. The summed E-state index contributed by atoms with van der Waals surface area (Å²) in [5.41, 5.74) is 2.14. The second-order valence-corrected chi connectivity index (χ2v) is 7.15. The van der Waals surface area contributed by atoms with Gasteiger partial charge in [-0.3, -0.25) is 9.69 Å². The Labute approximate surface area is 169 Å². The van der Waals surface area contributed by atoms with Gasteiger partial charge in [0.25, 0.3) is 5.91 Å². The summed E-state index contributed by atoms with van der Waals surface area (Å²) in [6.07, 6.45) is 5.87. The first kappa shape index (κ1) is 19.2. The maximum atomic E-state index is 13.0. The number of fused-ring (bicyclic) bond motifs is 1. The lowest BCUT2D eigenvalue weighted by atomic mass is 10.1. The monoisotopic (exact) mass is 394 g/mol. The van der Waals surface area contributed by atoms with Crippen molar-refractivity contribution in [3.63, 3.8) is 0 Å². The van der Waals surface area contributed by atoms with Gasteiger partial charge < -0.3 is 9.47 Å².